The molecule has 2 rings (SSSR count). The van der Waals surface area contributed by atoms with Gasteiger partial charge in [-0.2, -0.15) is 0 Å². The lowest BCUT2D eigenvalue weighted by Crippen LogP contribution is -2.38. The number of carbonyl (C=O) groups excluding carboxylic acids is 1. The predicted molar refractivity (Wildman–Crippen MR) is 65.4 cm³/mol. The highest BCUT2D eigenvalue weighted by Crippen LogP contribution is 2.13. The van der Waals surface area contributed by atoms with Crippen LogP contribution in [0, 0.1) is 0 Å². The molecule has 0 atom stereocenters. The van der Waals surface area contributed by atoms with Crippen molar-refractivity contribution in [3.05, 3.63) is 42.9 Å². The lowest BCUT2D eigenvalue weighted by molar-refractivity contribution is -0.115. The summed E-state index contributed by atoms with van der Waals surface area (Å²) in [5.41, 5.74) is 4.08. The van der Waals surface area contributed by atoms with E-state index in [-0.39, 0.29) is 0 Å². The number of amides is 1. The summed E-state index contributed by atoms with van der Waals surface area (Å²) in [7, 11) is -1.20. The van der Waals surface area contributed by atoms with E-state index in [2.05, 4.69) is 14.7 Å². The average Bonchev–Trinajstić information content (AvgIpc) is 2.46. The Hall–Kier alpha value is -2.25. The minimum Gasteiger partial charge on any atom is -0.422 e. The summed E-state index contributed by atoms with van der Waals surface area (Å²) in [6, 6.07) is 6.93. The van der Waals surface area contributed by atoms with Gasteiger partial charge in [-0.05, 0) is 5.46 Å². The van der Waals surface area contributed by atoms with Gasteiger partial charge in [0.25, 0.3) is 0 Å². The van der Waals surface area contributed by atoms with Crippen LogP contribution in [-0.2, 0) is 9.55 Å². The van der Waals surface area contributed by atoms with Gasteiger partial charge >= 0.3 is 7.12 Å². The lowest BCUT2D eigenvalue weighted by atomic mass is 9.79. The van der Waals surface area contributed by atoms with Crippen LogP contribution in [0.5, 0.6) is 0 Å². The zero-order valence-electron chi connectivity index (χ0n) is 9.35. The van der Waals surface area contributed by atoms with Gasteiger partial charge in [-0.25, -0.2) is 0 Å². The molecule has 0 spiro atoms. The number of nitrogens with zero attached hydrogens (tertiary/aromatic N) is 2. The Bertz CT molecular complexity index is 507. The van der Waals surface area contributed by atoms with Crippen LogP contribution >= 0.6 is 0 Å². The van der Waals surface area contributed by atoms with Crippen molar-refractivity contribution in [2.75, 3.05) is 0 Å². The molecule has 0 aliphatic rings. The first kappa shape index (κ1) is 12.2. The number of aromatic nitrogens is 2. The van der Waals surface area contributed by atoms with Crippen LogP contribution in [0.1, 0.15) is 0 Å². The average molecular weight is 243 g/mol. The lowest BCUT2D eigenvalue weighted by Gasteiger charge is -2.06. The molecule has 0 radical (unpaired) electrons. The molecular formula is C11H10BN3O3. The third-order valence-corrected chi connectivity index (χ3v) is 2.28. The smallest absolute Gasteiger partial charge is 0.422 e. The van der Waals surface area contributed by atoms with E-state index >= 15 is 0 Å². The van der Waals surface area contributed by atoms with Gasteiger partial charge in [-0.15, -0.1) is 0 Å². The van der Waals surface area contributed by atoms with Crippen molar-refractivity contribution in [1.82, 2.24) is 15.4 Å². The Morgan fingerprint density at radius 1 is 1.28 bits per heavy atom. The Kier molecular flexibility index (Phi) is 4.00. The Balaban J connectivity index is 2.13. The van der Waals surface area contributed by atoms with Gasteiger partial charge in [0.05, 0.1) is 11.9 Å². The molecule has 7 heteroatoms. The van der Waals surface area contributed by atoms with Crippen molar-refractivity contribution in [3.63, 3.8) is 0 Å². The van der Waals surface area contributed by atoms with E-state index in [4.69, 9.17) is 0 Å². The molecule has 1 aromatic carbocycles. The van der Waals surface area contributed by atoms with Gasteiger partial charge in [-0.3, -0.25) is 25.0 Å². The molecule has 0 saturated heterocycles. The third-order valence-electron chi connectivity index (χ3n) is 2.28. The number of carbonyl (C=O) groups is 1. The second-order valence-electron chi connectivity index (χ2n) is 3.42. The van der Waals surface area contributed by atoms with E-state index in [1.54, 1.807) is 42.9 Å². The van der Waals surface area contributed by atoms with Gasteiger partial charge in [0, 0.05) is 18.0 Å². The molecule has 90 valence electrons. The minimum absolute atomic E-state index is 0.344. The maximum atomic E-state index is 10.0. The van der Waals surface area contributed by atoms with Gasteiger partial charge < -0.3 is 5.02 Å². The molecule has 0 aliphatic heterocycles. The van der Waals surface area contributed by atoms with Crippen molar-refractivity contribution in [3.8, 4) is 11.3 Å². The first-order valence-electron chi connectivity index (χ1n) is 5.20. The van der Waals surface area contributed by atoms with Crippen molar-refractivity contribution in [2.24, 2.45) is 0 Å². The molecule has 18 heavy (non-hydrogen) atoms. The van der Waals surface area contributed by atoms with Gasteiger partial charge in [0.1, 0.15) is 0 Å². The van der Waals surface area contributed by atoms with Crippen molar-refractivity contribution >= 4 is 19.0 Å². The molecule has 2 aromatic rings. The SMILES string of the molecule is O=CNOB(O)c1ccc(-c2cnccn2)cc1. The molecule has 6 nitrogen and oxygen atoms in total. The van der Waals surface area contributed by atoms with Crippen LogP contribution in [-0.4, -0.2) is 28.5 Å². The maximum absolute atomic E-state index is 10.0. The largest absolute Gasteiger partial charge is 0.514 e. The van der Waals surface area contributed by atoms with Crippen LogP contribution in [0.15, 0.2) is 42.9 Å². The van der Waals surface area contributed by atoms with Gasteiger partial charge in [-0.1, -0.05) is 24.3 Å². The van der Waals surface area contributed by atoms with E-state index in [1.807, 2.05) is 5.48 Å². The molecule has 2 N–H and O–H groups in total. The summed E-state index contributed by atoms with van der Waals surface area (Å²) < 4.78 is 4.63. The monoisotopic (exact) mass is 243 g/mol. The van der Waals surface area contributed by atoms with Crippen LogP contribution in [0.25, 0.3) is 11.3 Å². The number of benzene rings is 1. The van der Waals surface area contributed by atoms with Gasteiger partial charge in [0.2, 0.25) is 6.41 Å². The topological polar surface area (TPSA) is 84.3 Å². The van der Waals surface area contributed by atoms with E-state index in [9.17, 15) is 9.82 Å². The maximum Gasteiger partial charge on any atom is 0.514 e. The zero-order chi connectivity index (χ0) is 12.8. The summed E-state index contributed by atoms with van der Waals surface area (Å²) in [6.45, 7) is 0. The molecule has 0 unspecified atom stereocenters. The highest BCUT2D eigenvalue weighted by atomic mass is 16.7. The third kappa shape index (κ3) is 2.90. The molecule has 1 heterocycles. The van der Waals surface area contributed by atoms with Crippen LogP contribution in [0.2, 0.25) is 0 Å². The highest BCUT2D eigenvalue weighted by molar-refractivity contribution is 6.59. The van der Waals surface area contributed by atoms with E-state index in [1.165, 1.54) is 0 Å². The predicted octanol–water partition coefficient (Wildman–Crippen LogP) is -0.491. The Morgan fingerprint density at radius 2 is 2.06 bits per heavy atom. The number of nitrogens with one attached hydrogen (secondary N) is 1. The summed E-state index contributed by atoms with van der Waals surface area (Å²) in [6.07, 6.45) is 5.20. The molecule has 0 aliphatic carbocycles. The normalized spacial score (nSPS) is 9.83. The standard InChI is InChI=1S/C11H10BN3O3/c16-8-15-18-12(17)10-3-1-9(2-4-10)11-7-13-5-6-14-11/h1-8,17H,(H,15,16). The van der Waals surface area contributed by atoms with Crippen molar-refractivity contribution in [1.29, 1.82) is 0 Å². The summed E-state index contributed by atoms with van der Waals surface area (Å²) in [4.78, 5) is 18.1. The summed E-state index contributed by atoms with van der Waals surface area (Å²) in [5.74, 6) is 0. The molecule has 0 bridgehead atoms. The Labute approximate surface area is 104 Å². The number of hydroxylamine groups is 1. The molecule has 0 saturated carbocycles. The summed E-state index contributed by atoms with van der Waals surface area (Å²) in [5, 5.41) is 9.54. The minimum atomic E-state index is -1.20. The van der Waals surface area contributed by atoms with Crippen molar-refractivity contribution < 1.29 is 14.6 Å². The first-order valence-corrected chi connectivity index (χ1v) is 5.20. The first-order chi connectivity index (χ1) is 8.81. The molecule has 1 aromatic heterocycles. The molecule has 0 fully saturated rings. The molecular weight excluding hydrogens is 233 g/mol. The fourth-order valence-electron chi connectivity index (χ4n) is 1.43. The van der Waals surface area contributed by atoms with Crippen LogP contribution in [0.4, 0.5) is 0 Å². The fraction of sp³-hybridized carbons (Fsp3) is 0. The van der Waals surface area contributed by atoms with E-state index in [0.717, 1.165) is 11.3 Å². The van der Waals surface area contributed by atoms with Crippen molar-refractivity contribution in [2.45, 2.75) is 0 Å². The second kappa shape index (κ2) is 5.90. The Morgan fingerprint density at radius 3 is 2.67 bits per heavy atom. The van der Waals surface area contributed by atoms with Crippen LogP contribution < -0.4 is 10.9 Å². The van der Waals surface area contributed by atoms with E-state index < -0.39 is 7.12 Å². The van der Waals surface area contributed by atoms with Crippen LogP contribution in [0.3, 0.4) is 0 Å². The van der Waals surface area contributed by atoms with E-state index in [0.29, 0.717) is 11.9 Å². The highest BCUT2D eigenvalue weighted by Gasteiger charge is 2.16. The van der Waals surface area contributed by atoms with Gasteiger partial charge in [0.15, 0.2) is 0 Å². The zero-order valence-corrected chi connectivity index (χ0v) is 9.35. The number of hydrogen-bond acceptors (Lipinski definition) is 5. The number of hydrogen-bond donors (Lipinski definition) is 2. The summed E-state index contributed by atoms with van der Waals surface area (Å²) >= 11 is 0. The fourth-order valence-corrected chi connectivity index (χ4v) is 1.43. The number of rotatable bonds is 5. The second-order valence-corrected chi connectivity index (χ2v) is 3.42. The quantitative estimate of drug-likeness (QED) is 0.420. The molecule has 1 amide bonds.